The van der Waals surface area contributed by atoms with Gasteiger partial charge in [-0.1, -0.05) is 0 Å². The molecule has 0 aromatic carbocycles. The first-order chi connectivity index (χ1) is 9.09. The number of likely N-dealkylation sites (tertiary alicyclic amines) is 1. The molecule has 0 radical (unpaired) electrons. The number of hydrogen-bond acceptors (Lipinski definition) is 4. The molecule has 0 aromatic rings. The normalized spacial score (nSPS) is 27.4. The van der Waals surface area contributed by atoms with Gasteiger partial charge in [0.15, 0.2) is 0 Å². The third-order valence-electron chi connectivity index (χ3n) is 3.72. The topological polar surface area (TPSA) is 52.7 Å². The van der Waals surface area contributed by atoms with Crippen molar-refractivity contribution in [3.05, 3.63) is 0 Å². The molecule has 2 heterocycles. The number of rotatable bonds is 3. The second kappa shape index (κ2) is 6.61. The Hall–Kier alpha value is -0.750. The van der Waals surface area contributed by atoms with Crippen molar-refractivity contribution in [3.63, 3.8) is 0 Å². The fourth-order valence-corrected chi connectivity index (χ4v) is 3.65. The molecule has 0 bridgehead atoms. The molecule has 108 valence electrons. The van der Waals surface area contributed by atoms with E-state index in [0.717, 1.165) is 37.4 Å². The summed E-state index contributed by atoms with van der Waals surface area (Å²) in [5, 5.41) is 3.38. The van der Waals surface area contributed by atoms with Crippen LogP contribution in [0.3, 0.4) is 0 Å². The van der Waals surface area contributed by atoms with E-state index >= 15 is 0 Å². The van der Waals surface area contributed by atoms with E-state index in [1.165, 1.54) is 0 Å². The molecule has 2 unspecified atom stereocenters. The Morgan fingerprint density at radius 3 is 2.84 bits per heavy atom. The van der Waals surface area contributed by atoms with Gasteiger partial charge >= 0.3 is 0 Å². The highest BCUT2D eigenvalue weighted by Crippen LogP contribution is 2.21. The highest BCUT2D eigenvalue weighted by atomic mass is 32.2. The van der Waals surface area contributed by atoms with E-state index in [1.54, 1.807) is 23.9 Å². The molecule has 2 fully saturated rings. The molecule has 2 saturated heterocycles. The van der Waals surface area contributed by atoms with Gasteiger partial charge < -0.3 is 15.1 Å². The Bertz CT molecular complexity index is 343. The number of carbonyl (C=O) groups excluding carboxylic acids is 2. The third kappa shape index (κ3) is 3.63. The highest BCUT2D eigenvalue weighted by molar-refractivity contribution is 7.99. The average molecular weight is 285 g/mol. The number of likely N-dealkylation sites (N-methyl/N-ethyl adjacent to an activating group) is 1. The van der Waals surface area contributed by atoms with Crippen LogP contribution in [0.4, 0.5) is 0 Å². The minimum absolute atomic E-state index is 0.0526. The number of carbonyl (C=O) groups is 2. The van der Waals surface area contributed by atoms with Crippen LogP contribution in [0.5, 0.6) is 0 Å². The Balaban J connectivity index is 1.91. The molecule has 2 rings (SSSR count). The molecule has 19 heavy (non-hydrogen) atoms. The first-order valence-corrected chi connectivity index (χ1v) is 8.07. The molecule has 1 N–H and O–H groups in total. The smallest absolute Gasteiger partial charge is 0.244 e. The molecule has 2 aliphatic heterocycles. The summed E-state index contributed by atoms with van der Waals surface area (Å²) in [4.78, 5) is 27.8. The van der Waals surface area contributed by atoms with Crippen LogP contribution in [-0.4, -0.2) is 72.4 Å². The summed E-state index contributed by atoms with van der Waals surface area (Å²) in [5.74, 6) is 2.29. The van der Waals surface area contributed by atoms with Gasteiger partial charge in [-0.3, -0.25) is 9.59 Å². The number of thioether (sulfide) groups is 1. The lowest BCUT2D eigenvalue weighted by Gasteiger charge is -2.29. The van der Waals surface area contributed by atoms with Crippen molar-refractivity contribution >= 4 is 23.6 Å². The lowest BCUT2D eigenvalue weighted by Crippen LogP contribution is -2.48. The van der Waals surface area contributed by atoms with Gasteiger partial charge in [-0.2, -0.15) is 11.8 Å². The molecule has 6 heteroatoms. The lowest BCUT2D eigenvalue weighted by atomic mass is 10.1. The molecular formula is C13H23N3O2S. The number of amides is 2. The van der Waals surface area contributed by atoms with Gasteiger partial charge in [0, 0.05) is 51.2 Å². The molecule has 0 aromatic heterocycles. The van der Waals surface area contributed by atoms with Crippen LogP contribution in [0.2, 0.25) is 0 Å². The average Bonchev–Trinajstić information content (AvgIpc) is 2.88. The summed E-state index contributed by atoms with van der Waals surface area (Å²) in [6.07, 6.45) is 2.25. The third-order valence-corrected chi connectivity index (χ3v) is 4.85. The van der Waals surface area contributed by atoms with Crippen molar-refractivity contribution in [1.29, 1.82) is 0 Å². The largest absolute Gasteiger partial charge is 0.347 e. The monoisotopic (exact) mass is 285 g/mol. The summed E-state index contributed by atoms with van der Waals surface area (Å²) < 4.78 is 0. The number of hydrogen-bond donors (Lipinski definition) is 1. The van der Waals surface area contributed by atoms with Crippen LogP contribution in [0.15, 0.2) is 0 Å². The van der Waals surface area contributed by atoms with E-state index in [0.29, 0.717) is 6.42 Å². The second-order valence-corrected chi connectivity index (χ2v) is 6.56. The quantitative estimate of drug-likeness (QED) is 0.803. The molecule has 5 nitrogen and oxygen atoms in total. The van der Waals surface area contributed by atoms with Crippen LogP contribution in [-0.2, 0) is 9.59 Å². The van der Waals surface area contributed by atoms with E-state index in [2.05, 4.69) is 5.32 Å². The van der Waals surface area contributed by atoms with Crippen LogP contribution in [0, 0.1) is 0 Å². The lowest BCUT2D eigenvalue weighted by molar-refractivity contribution is -0.142. The summed E-state index contributed by atoms with van der Waals surface area (Å²) >= 11 is 1.89. The van der Waals surface area contributed by atoms with Gasteiger partial charge in [0.2, 0.25) is 11.8 Å². The zero-order valence-electron chi connectivity index (χ0n) is 11.7. The van der Waals surface area contributed by atoms with E-state index in [-0.39, 0.29) is 23.9 Å². The predicted octanol–water partition coefficient (Wildman–Crippen LogP) is 0.161. The Morgan fingerprint density at radius 2 is 2.21 bits per heavy atom. The minimum atomic E-state index is -0.237. The van der Waals surface area contributed by atoms with Crippen molar-refractivity contribution in [3.8, 4) is 0 Å². The van der Waals surface area contributed by atoms with Gasteiger partial charge in [0.05, 0.1) is 0 Å². The van der Waals surface area contributed by atoms with Crippen molar-refractivity contribution < 1.29 is 9.59 Å². The van der Waals surface area contributed by atoms with E-state index in [1.807, 2.05) is 11.8 Å². The van der Waals surface area contributed by atoms with Gasteiger partial charge in [-0.25, -0.2) is 0 Å². The van der Waals surface area contributed by atoms with Crippen molar-refractivity contribution in [1.82, 2.24) is 15.1 Å². The molecule has 0 saturated carbocycles. The predicted molar refractivity (Wildman–Crippen MR) is 77.2 cm³/mol. The SMILES string of the molecule is CN(C)C(=O)C1CCCN1C(=O)CC1CSCCN1. The van der Waals surface area contributed by atoms with Gasteiger partial charge in [-0.05, 0) is 12.8 Å². The van der Waals surface area contributed by atoms with Crippen molar-refractivity contribution in [2.45, 2.75) is 31.3 Å². The van der Waals surface area contributed by atoms with E-state index < -0.39 is 0 Å². The molecule has 2 atom stereocenters. The molecule has 0 aliphatic carbocycles. The summed E-state index contributed by atoms with van der Waals surface area (Å²) in [7, 11) is 3.51. The zero-order chi connectivity index (χ0) is 13.8. The maximum Gasteiger partial charge on any atom is 0.244 e. The molecule has 2 aliphatic rings. The number of nitrogens with one attached hydrogen (secondary N) is 1. The Labute approximate surface area is 119 Å². The summed E-state index contributed by atoms with van der Waals surface area (Å²) in [6, 6.07) is 0.0284. The Morgan fingerprint density at radius 1 is 1.42 bits per heavy atom. The van der Waals surface area contributed by atoms with Gasteiger partial charge in [0.25, 0.3) is 0 Å². The maximum atomic E-state index is 12.4. The fraction of sp³-hybridized carbons (Fsp3) is 0.846. The molecule has 0 spiro atoms. The second-order valence-electron chi connectivity index (χ2n) is 5.41. The first-order valence-electron chi connectivity index (χ1n) is 6.91. The Kier molecular flexibility index (Phi) is 5.10. The fourth-order valence-electron chi connectivity index (χ4n) is 2.70. The van der Waals surface area contributed by atoms with Crippen molar-refractivity contribution in [2.24, 2.45) is 0 Å². The van der Waals surface area contributed by atoms with Gasteiger partial charge in [0.1, 0.15) is 6.04 Å². The number of nitrogens with zero attached hydrogens (tertiary/aromatic N) is 2. The summed E-state index contributed by atoms with van der Waals surface area (Å²) in [6.45, 7) is 1.70. The van der Waals surface area contributed by atoms with Crippen molar-refractivity contribution in [2.75, 3.05) is 38.7 Å². The standard InChI is InChI=1S/C13H23N3O2S/c1-15(2)13(18)11-4-3-6-16(11)12(17)8-10-9-19-7-5-14-10/h10-11,14H,3-9H2,1-2H3. The van der Waals surface area contributed by atoms with E-state index in [9.17, 15) is 9.59 Å². The van der Waals surface area contributed by atoms with Crippen LogP contribution in [0.25, 0.3) is 0 Å². The van der Waals surface area contributed by atoms with E-state index in [4.69, 9.17) is 0 Å². The summed E-state index contributed by atoms with van der Waals surface area (Å²) in [5.41, 5.74) is 0. The van der Waals surface area contributed by atoms with Gasteiger partial charge in [-0.15, -0.1) is 0 Å². The molecule has 2 amide bonds. The van der Waals surface area contributed by atoms with Crippen LogP contribution >= 0.6 is 11.8 Å². The van der Waals surface area contributed by atoms with Crippen LogP contribution in [0.1, 0.15) is 19.3 Å². The molecular weight excluding hydrogens is 262 g/mol. The van der Waals surface area contributed by atoms with Crippen LogP contribution < -0.4 is 5.32 Å². The first kappa shape index (κ1) is 14.7. The minimum Gasteiger partial charge on any atom is -0.347 e. The zero-order valence-corrected chi connectivity index (χ0v) is 12.5. The highest BCUT2D eigenvalue weighted by Gasteiger charge is 2.35. The maximum absolute atomic E-state index is 12.4.